The van der Waals surface area contributed by atoms with Crippen molar-refractivity contribution >= 4 is 22.6 Å². The van der Waals surface area contributed by atoms with E-state index >= 15 is 0 Å². The first-order chi connectivity index (χ1) is 15.0. The maximum atomic E-state index is 12.9. The standard InChI is InChI=1S/C25H26N4O2/c1-17(2)29-16-21-13-18(7-8-23(21)27-29)14-24(30)19-9-11-28(12-10-19)25(31)22-6-4-3-5-20(22)15-26/h3-8,13,16-17,19H,9-12,14H2,1-2H3. The molecule has 1 aromatic heterocycles. The lowest BCUT2D eigenvalue weighted by Crippen LogP contribution is -2.40. The molecule has 1 fully saturated rings. The molecule has 0 atom stereocenters. The number of rotatable bonds is 5. The van der Waals surface area contributed by atoms with Crippen molar-refractivity contribution in [3.63, 3.8) is 0 Å². The smallest absolute Gasteiger partial charge is 0.255 e. The van der Waals surface area contributed by atoms with Crippen molar-refractivity contribution < 1.29 is 9.59 Å². The first-order valence-electron chi connectivity index (χ1n) is 10.7. The van der Waals surface area contributed by atoms with E-state index in [-0.39, 0.29) is 17.6 Å². The molecule has 0 saturated carbocycles. The molecule has 158 valence electrons. The van der Waals surface area contributed by atoms with Crippen molar-refractivity contribution in [2.45, 2.75) is 39.2 Å². The number of carbonyl (C=O) groups excluding carboxylic acids is 2. The molecule has 1 amide bonds. The molecule has 4 rings (SSSR count). The second kappa shape index (κ2) is 8.73. The number of likely N-dealkylation sites (tertiary alicyclic amines) is 1. The van der Waals surface area contributed by atoms with Crippen LogP contribution in [0.15, 0.2) is 48.7 Å². The van der Waals surface area contributed by atoms with Crippen LogP contribution >= 0.6 is 0 Å². The summed E-state index contributed by atoms with van der Waals surface area (Å²) in [5.74, 6) is 0.0557. The average molecular weight is 415 g/mol. The minimum Gasteiger partial charge on any atom is -0.339 e. The normalized spacial score (nSPS) is 14.7. The van der Waals surface area contributed by atoms with E-state index in [2.05, 4.69) is 31.1 Å². The summed E-state index contributed by atoms with van der Waals surface area (Å²) >= 11 is 0. The highest BCUT2D eigenvalue weighted by atomic mass is 16.2. The van der Waals surface area contributed by atoms with E-state index in [1.165, 1.54) is 0 Å². The molecule has 2 heterocycles. The van der Waals surface area contributed by atoms with Crippen LogP contribution < -0.4 is 0 Å². The molecule has 3 aromatic rings. The largest absolute Gasteiger partial charge is 0.339 e. The van der Waals surface area contributed by atoms with Gasteiger partial charge in [0.15, 0.2) is 0 Å². The maximum absolute atomic E-state index is 12.9. The Labute approximate surface area is 182 Å². The number of Topliss-reactive ketones (excluding diaryl/α,β-unsaturated/α-hetero) is 1. The van der Waals surface area contributed by atoms with Gasteiger partial charge in [0.2, 0.25) is 0 Å². The molecule has 0 unspecified atom stereocenters. The van der Waals surface area contributed by atoms with Crippen LogP contribution in [0.2, 0.25) is 0 Å². The van der Waals surface area contributed by atoms with Gasteiger partial charge in [-0.25, -0.2) is 0 Å². The first kappa shape index (κ1) is 20.8. The molecule has 1 aliphatic heterocycles. The van der Waals surface area contributed by atoms with Crippen LogP contribution in [0.3, 0.4) is 0 Å². The Kier molecular flexibility index (Phi) is 5.85. The van der Waals surface area contributed by atoms with Gasteiger partial charge >= 0.3 is 0 Å². The van der Waals surface area contributed by atoms with E-state index in [9.17, 15) is 14.9 Å². The van der Waals surface area contributed by atoms with E-state index in [4.69, 9.17) is 0 Å². The summed E-state index contributed by atoms with van der Waals surface area (Å²) in [6, 6.07) is 15.3. The van der Waals surface area contributed by atoms with Crippen LogP contribution in [0.1, 0.15) is 54.2 Å². The molecule has 0 radical (unpaired) electrons. The summed E-state index contributed by atoms with van der Waals surface area (Å²) in [7, 11) is 0. The lowest BCUT2D eigenvalue weighted by molar-refractivity contribution is -0.123. The van der Waals surface area contributed by atoms with Crippen molar-refractivity contribution in [3.8, 4) is 6.07 Å². The van der Waals surface area contributed by atoms with Crippen LogP contribution in [0.25, 0.3) is 10.9 Å². The zero-order chi connectivity index (χ0) is 22.0. The number of hydrogen-bond donors (Lipinski definition) is 0. The number of ketones is 1. The van der Waals surface area contributed by atoms with Crippen LogP contribution in [-0.4, -0.2) is 39.5 Å². The van der Waals surface area contributed by atoms with E-state index in [0.29, 0.717) is 49.5 Å². The number of aromatic nitrogens is 2. The predicted molar refractivity (Wildman–Crippen MR) is 119 cm³/mol. The van der Waals surface area contributed by atoms with Crippen LogP contribution in [-0.2, 0) is 11.2 Å². The second-order valence-corrected chi connectivity index (χ2v) is 8.46. The van der Waals surface area contributed by atoms with Crippen molar-refractivity contribution in [1.82, 2.24) is 14.7 Å². The third kappa shape index (κ3) is 4.36. The lowest BCUT2D eigenvalue weighted by Gasteiger charge is -2.31. The molecular formula is C25H26N4O2. The number of fused-ring (bicyclic) bond motifs is 1. The van der Waals surface area contributed by atoms with E-state index < -0.39 is 0 Å². The molecule has 1 aliphatic rings. The van der Waals surface area contributed by atoms with E-state index in [1.807, 2.05) is 23.0 Å². The lowest BCUT2D eigenvalue weighted by atomic mass is 9.89. The molecule has 0 bridgehead atoms. The van der Waals surface area contributed by atoms with Gasteiger partial charge < -0.3 is 4.90 Å². The van der Waals surface area contributed by atoms with Gasteiger partial charge in [0.1, 0.15) is 5.78 Å². The molecule has 6 heteroatoms. The number of piperidine rings is 1. The Morgan fingerprint density at radius 2 is 1.90 bits per heavy atom. The van der Waals surface area contributed by atoms with E-state index in [1.54, 1.807) is 29.2 Å². The topological polar surface area (TPSA) is 79.0 Å². The molecule has 0 aliphatic carbocycles. The monoisotopic (exact) mass is 414 g/mol. The fourth-order valence-corrected chi connectivity index (χ4v) is 4.16. The molecular weight excluding hydrogens is 388 g/mol. The minimum atomic E-state index is -0.129. The van der Waals surface area contributed by atoms with Gasteiger partial charge in [-0.05, 0) is 56.5 Å². The Morgan fingerprint density at radius 1 is 1.16 bits per heavy atom. The minimum absolute atomic E-state index is 0.0376. The number of carbonyl (C=O) groups is 2. The summed E-state index contributed by atoms with van der Waals surface area (Å²) in [4.78, 5) is 27.5. The maximum Gasteiger partial charge on any atom is 0.255 e. The zero-order valence-corrected chi connectivity index (χ0v) is 17.9. The van der Waals surface area contributed by atoms with Gasteiger partial charge in [-0.2, -0.15) is 10.4 Å². The summed E-state index contributed by atoms with van der Waals surface area (Å²) in [6.07, 6.45) is 3.75. The van der Waals surface area contributed by atoms with Gasteiger partial charge in [-0.15, -0.1) is 0 Å². The summed E-state index contributed by atoms with van der Waals surface area (Å²) in [5.41, 5.74) is 2.77. The summed E-state index contributed by atoms with van der Waals surface area (Å²) in [5, 5.41) is 14.9. The van der Waals surface area contributed by atoms with Gasteiger partial charge in [-0.3, -0.25) is 14.3 Å². The predicted octanol–water partition coefficient (Wildman–Crippen LogP) is 4.15. The number of hydrogen-bond acceptors (Lipinski definition) is 4. The molecule has 0 spiro atoms. The van der Waals surface area contributed by atoms with Crippen molar-refractivity contribution in [2.24, 2.45) is 5.92 Å². The number of nitriles is 1. The quantitative estimate of drug-likeness (QED) is 0.628. The first-order valence-corrected chi connectivity index (χ1v) is 10.7. The van der Waals surface area contributed by atoms with Gasteiger partial charge in [0, 0.05) is 43.1 Å². The van der Waals surface area contributed by atoms with Crippen molar-refractivity contribution in [3.05, 3.63) is 65.4 Å². The highest BCUT2D eigenvalue weighted by Gasteiger charge is 2.28. The second-order valence-electron chi connectivity index (χ2n) is 8.46. The van der Waals surface area contributed by atoms with Crippen LogP contribution in [0.4, 0.5) is 0 Å². The molecule has 6 nitrogen and oxygen atoms in total. The molecule has 2 aromatic carbocycles. The highest BCUT2D eigenvalue weighted by molar-refractivity contribution is 5.97. The van der Waals surface area contributed by atoms with Crippen molar-refractivity contribution in [1.29, 1.82) is 5.26 Å². The highest BCUT2D eigenvalue weighted by Crippen LogP contribution is 2.24. The number of benzene rings is 2. The fourth-order valence-electron chi connectivity index (χ4n) is 4.16. The van der Waals surface area contributed by atoms with Crippen LogP contribution in [0, 0.1) is 17.2 Å². The Hall–Kier alpha value is -3.46. The molecule has 1 saturated heterocycles. The van der Waals surface area contributed by atoms with E-state index in [0.717, 1.165) is 16.5 Å². The number of nitrogens with zero attached hydrogens (tertiary/aromatic N) is 4. The van der Waals surface area contributed by atoms with Gasteiger partial charge in [0.25, 0.3) is 5.91 Å². The third-order valence-electron chi connectivity index (χ3n) is 6.01. The summed E-state index contributed by atoms with van der Waals surface area (Å²) in [6.45, 7) is 5.25. The third-order valence-corrected chi connectivity index (χ3v) is 6.01. The fraction of sp³-hybridized carbons (Fsp3) is 0.360. The molecule has 31 heavy (non-hydrogen) atoms. The van der Waals surface area contributed by atoms with Gasteiger partial charge in [-0.1, -0.05) is 18.2 Å². The Morgan fingerprint density at radius 3 is 2.61 bits per heavy atom. The van der Waals surface area contributed by atoms with Crippen molar-refractivity contribution in [2.75, 3.05) is 13.1 Å². The zero-order valence-electron chi connectivity index (χ0n) is 17.9. The summed E-state index contributed by atoms with van der Waals surface area (Å²) < 4.78 is 1.94. The Balaban J connectivity index is 1.38. The average Bonchev–Trinajstić information content (AvgIpc) is 3.22. The molecule has 0 N–H and O–H groups in total. The van der Waals surface area contributed by atoms with Gasteiger partial charge in [0.05, 0.1) is 22.7 Å². The number of amides is 1. The SMILES string of the molecule is CC(C)n1cc2cc(CC(=O)C3CCN(C(=O)c4ccccc4C#N)CC3)ccc2n1. The Bertz CT molecular complexity index is 1160. The van der Waals surface area contributed by atoms with Crippen LogP contribution in [0.5, 0.6) is 0 Å².